The Morgan fingerprint density at radius 1 is 0.917 bits per heavy atom. The lowest BCUT2D eigenvalue weighted by Gasteiger charge is -2.06. The number of aromatic hydroxyl groups is 3. The van der Waals surface area contributed by atoms with Crippen molar-refractivity contribution < 1.29 is 24.9 Å². The van der Waals surface area contributed by atoms with Gasteiger partial charge in [-0.1, -0.05) is 0 Å². The zero-order valence-corrected chi connectivity index (χ0v) is 14.5. The van der Waals surface area contributed by atoms with Gasteiger partial charge in [-0.2, -0.15) is 0 Å². The van der Waals surface area contributed by atoms with Gasteiger partial charge in [0.2, 0.25) is 0 Å². The van der Waals surface area contributed by atoms with Crippen molar-refractivity contribution in [1.29, 1.82) is 0 Å². The van der Waals surface area contributed by atoms with Gasteiger partial charge in [-0.3, -0.25) is 4.79 Å². The average Bonchev–Trinajstić information content (AvgIpc) is 2.57. The van der Waals surface area contributed by atoms with Gasteiger partial charge in [0.05, 0.1) is 12.4 Å². The molecule has 0 saturated carbocycles. The second-order valence-corrected chi connectivity index (χ2v) is 7.07. The van der Waals surface area contributed by atoms with Gasteiger partial charge in [-0.15, -0.1) is 23.5 Å². The Bertz CT molecular complexity index is 673. The number of phenols is 3. The van der Waals surface area contributed by atoms with Crippen LogP contribution in [0.2, 0.25) is 0 Å². The summed E-state index contributed by atoms with van der Waals surface area (Å²) in [6.07, 6.45) is 0.696. The molecular weight excluding hydrogens is 348 g/mol. The van der Waals surface area contributed by atoms with Crippen LogP contribution >= 0.6 is 23.5 Å². The number of ether oxygens (including phenoxy) is 1. The highest BCUT2D eigenvalue weighted by atomic mass is 32.2. The number of benzene rings is 2. The summed E-state index contributed by atoms with van der Waals surface area (Å²) in [5.41, 5.74) is 0. The Labute approximate surface area is 148 Å². The largest absolute Gasteiger partial charge is 0.508 e. The molecule has 0 bridgehead atoms. The van der Waals surface area contributed by atoms with Gasteiger partial charge >= 0.3 is 5.97 Å². The first-order valence-corrected chi connectivity index (χ1v) is 9.24. The molecule has 128 valence electrons. The fraction of sp³-hybridized carbons (Fsp3) is 0.235. The number of carbonyl (C=O) groups is 1. The molecule has 0 aliphatic heterocycles. The minimum atomic E-state index is -0.277. The van der Waals surface area contributed by atoms with Crippen molar-refractivity contribution in [2.75, 3.05) is 18.1 Å². The molecule has 0 aliphatic carbocycles. The third-order valence-electron chi connectivity index (χ3n) is 2.96. The van der Waals surface area contributed by atoms with Gasteiger partial charge < -0.3 is 20.1 Å². The molecule has 0 aromatic heterocycles. The molecule has 0 heterocycles. The van der Waals surface area contributed by atoms with Crippen LogP contribution in [0.5, 0.6) is 17.2 Å². The van der Waals surface area contributed by atoms with Crippen molar-refractivity contribution in [2.45, 2.75) is 16.2 Å². The minimum Gasteiger partial charge on any atom is -0.508 e. The van der Waals surface area contributed by atoms with Gasteiger partial charge in [0, 0.05) is 15.5 Å². The minimum absolute atomic E-state index is 0.139. The lowest BCUT2D eigenvalue weighted by molar-refractivity contribution is -0.140. The normalized spacial score (nSPS) is 10.5. The van der Waals surface area contributed by atoms with Crippen LogP contribution in [0.15, 0.2) is 52.3 Å². The van der Waals surface area contributed by atoms with E-state index in [0.717, 1.165) is 15.5 Å². The van der Waals surface area contributed by atoms with E-state index in [9.17, 15) is 20.1 Å². The zero-order valence-electron chi connectivity index (χ0n) is 12.8. The maximum Gasteiger partial charge on any atom is 0.316 e. The molecule has 0 fully saturated rings. The number of thioether (sulfide) groups is 2. The monoisotopic (exact) mass is 366 g/mol. The highest BCUT2D eigenvalue weighted by Gasteiger charge is 2.05. The van der Waals surface area contributed by atoms with Crippen LogP contribution in [0, 0.1) is 0 Å². The predicted octanol–water partition coefficient (Wildman–Crippen LogP) is 3.62. The summed E-state index contributed by atoms with van der Waals surface area (Å²) in [7, 11) is 0. The van der Waals surface area contributed by atoms with E-state index < -0.39 is 0 Å². The molecule has 0 radical (unpaired) electrons. The summed E-state index contributed by atoms with van der Waals surface area (Å²) >= 11 is 2.87. The number of rotatable bonds is 8. The van der Waals surface area contributed by atoms with E-state index in [2.05, 4.69) is 0 Å². The van der Waals surface area contributed by atoms with Gasteiger partial charge in [-0.25, -0.2) is 0 Å². The van der Waals surface area contributed by atoms with E-state index in [1.165, 1.54) is 35.7 Å². The number of carbonyl (C=O) groups excluding carboxylic acids is 1. The SMILES string of the molecule is O=C(CSc1ccc(O)cc1)OCCCSc1ccc(O)c(O)c1. The molecule has 0 atom stereocenters. The molecule has 0 saturated heterocycles. The molecule has 0 unspecified atom stereocenters. The molecule has 5 nitrogen and oxygen atoms in total. The van der Waals surface area contributed by atoms with Crippen LogP contribution < -0.4 is 0 Å². The second kappa shape index (κ2) is 9.34. The van der Waals surface area contributed by atoms with Crippen molar-refractivity contribution >= 4 is 29.5 Å². The summed E-state index contributed by atoms with van der Waals surface area (Å²) in [6.45, 7) is 0.339. The Morgan fingerprint density at radius 3 is 2.33 bits per heavy atom. The Morgan fingerprint density at radius 2 is 1.62 bits per heavy atom. The Hall–Kier alpha value is -1.99. The smallest absolute Gasteiger partial charge is 0.316 e. The molecule has 24 heavy (non-hydrogen) atoms. The van der Waals surface area contributed by atoms with E-state index in [4.69, 9.17) is 4.74 Å². The molecule has 3 N–H and O–H groups in total. The maximum atomic E-state index is 11.6. The molecule has 0 spiro atoms. The number of hydrogen-bond donors (Lipinski definition) is 3. The van der Waals surface area contributed by atoms with Gasteiger partial charge in [0.15, 0.2) is 11.5 Å². The first kappa shape index (κ1) is 18.4. The molecule has 2 aromatic rings. The molecular formula is C17H18O5S2. The van der Waals surface area contributed by atoms with Crippen LogP contribution in [0.3, 0.4) is 0 Å². The van der Waals surface area contributed by atoms with Crippen LogP contribution in [-0.4, -0.2) is 39.4 Å². The summed E-state index contributed by atoms with van der Waals surface area (Å²) in [6, 6.07) is 11.3. The summed E-state index contributed by atoms with van der Waals surface area (Å²) in [5, 5.41) is 27.8. The zero-order chi connectivity index (χ0) is 17.4. The Kier molecular flexibility index (Phi) is 7.14. The number of esters is 1. The molecule has 0 amide bonds. The first-order valence-electron chi connectivity index (χ1n) is 7.27. The van der Waals surface area contributed by atoms with Crippen molar-refractivity contribution in [3.8, 4) is 17.2 Å². The summed E-state index contributed by atoms with van der Waals surface area (Å²) in [4.78, 5) is 13.4. The first-order chi connectivity index (χ1) is 11.5. The van der Waals surface area contributed by atoms with Crippen molar-refractivity contribution in [3.05, 3.63) is 42.5 Å². The maximum absolute atomic E-state index is 11.6. The van der Waals surface area contributed by atoms with E-state index in [-0.39, 0.29) is 29.0 Å². The van der Waals surface area contributed by atoms with Crippen LogP contribution in [-0.2, 0) is 9.53 Å². The predicted molar refractivity (Wildman–Crippen MR) is 94.9 cm³/mol. The summed E-state index contributed by atoms with van der Waals surface area (Å²) in [5.74, 6) is 0.602. The highest BCUT2D eigenvalue weighted by Crippen LogP contribution is 2.30. The third-order valence-corrected chi connectivity index (χ3v) is 5.03. The van der Waals surface area contributed by atoms with Crippen LogP contribution in [0.25, 0.3) is 0 Å². The fourth-order valence-electron chi connectivity index (χ4n) is 1.75. The standard InChI is InChI=1S/C17H18O5S2/c18-12-2-4-13(5-3-12)24-11-17(21)22-8-1-9-23-14-6-7-15(19)16(20)10-14/h2-7,10,18-20H,1,8-9,11H2. The van der Waals surface area contributed by atoms with Crippen molar-refractivity contribution in [3.63, 3.8) is 0 Å². The topological polar surface area (TPSA) is 87.0 Å². The summed E-state index contributed by atoms with van der Waals surface area (Å²) < 4.78 is 5.16. The van der Waals surface area contributed by atoms with E-state index in [1.807, 2.05) is 0 Å². The van der Waals surface area contributed by atoms with Crippen molar-refractivity contribution in [2.24, 2.45) is 0 Å². The lowest BCUT2D eigenvalue weighted by atomic mass is 10.3. The van der Waals surface area contributed by atoms with E-state index >= 15 is 0 Å². The molecule has 2 aromatic carbocycles. The van der Waals surface area contributed by atoms with Crippen LogP contribution in [0.1, 0.15) is 6.42 Å². The highest BCUT2D eigenvalue weighted by molar-refractivity contribution is 8.00. The Balaban J connectivity index is 1.59. The average molecular weight is 366 g/mol. The number of phenolic OH excluding ortho intramolecular Hbond substituents is 3. The molecule has 2 rings (SSSR count). The number of hydrogen-bond acceptors (Lipinski definition) is 7. The van der Waals surface area contributed by atoms with Crippen LogP contribution in [0.4, 0.5) is 0 Å². The van der Waals surface area contributed by atoms with Gasteiger partial charge in [0.1, 0.15) is 5.75 Å². The molecule has 0 aliphatic rings. The van der Waals surface area contributed by atoms with Gasteiger partial charge in [0.25, 0.3) is 0 Å². The third kappa shape index (κ3) is 6.25. The van der Waals surface area contributed by atoms with Gasteiger partial charge in [-0.05, 0) is 48.9 Å². The lowest BCUT2D eigenvalue weighted by Crippen LogP contribution is -2.08. The van der Waals surface area contributed by atoms with E-state index in [0.29, 0.717) is 13.0 Å². The molecule has 7 heteroatoms. The second-order valence-electron chi connectivity index (χ2n) is 4.86. The van der Waals surface area contributed by atoms with E-state index in [1.54, 1.807) is 30.3 Å². The van der Waals surface area contributed by atoms with Crippen molar-refractivity contribution in [1.82, 2.24) is 0 Å². The fourth-order valence-corrected chi connectivity index (χ4v) is 3.31. The quantitative estimate of drug-likeness (QED) is 0.285.